The van der Waals surface area contributed by atoms with Crippen LogP contribution in [0.2, 0.25) is 0 Å². The first kappa shape index (κ1) is 26.2. The first-order valence-corrected chi connectivity index (χ1v) is 14.3. The molecule has 1 aliphatic carbocycles. The topological polar surface area (TPSA) is 133 Å². The lowest BCUT2D eigenvalue weighted by atomic mass is 9.89. The number of nitrogens with zero attached hydrogens (tertiary/aromatic N) is 3. The summed E-state index contributed by atoms with van der Waals surface area (Å²) in [7, 11) is 0.137. The van der Waals surface area contributed by atoms with Gasteiger partial charge in [0.25, 0.3) is 10.0 Å². The number of anilines is 2. The molecule has 0 radical (unpaired) electrons. The van der Waals surface area contributed by atoms with Gasteiger partial charge in [-0.2, -0.15) is 5.26 Å². The standard InChI is InChI=1S/C25H32N6O3S2/c1-31(2)22-7-4-3-6-20(22)28-18-8-11-24(17(14-18)16-27)36(32,33)30-25-29-21-10-9-19(15-23(21)35-25)34-13-5-12-26/h8-11,14-15,20,22,28H,3-7,12-13,26H2,1-2H3,(H,29,30)/t20-,22-/m0/s1. The second-order valence-electron chi connectivity index (χ2n) is 9.13. The van der Waals surface area contributed by atoms with Gasteiger partial charge in [-0.25, -0.2) is 13.4 Å². The van der Waals surface area contributed by atoms with Crippen molar-refractivity contribution in [1.29, 1.82) is 5.26 Å². The van der Waals surface area contributed by atoms with Gasteiger partial charge in [-0.05, 0) is 76.3 Å². The fourth-order valence-corrected chi connectivity index (χ4v) is 6.80. The van der Waals surface area contributed by atoms with Gasteiger partial charge in [-0.3, -0.25) is 4.72 Å². The molecule has 192 valence electrons. The van der Waals surface area contributed by atoms with E-state index in [2.05, 4.69) is 34.0 Å². The van der Waals surface area contributed by atoms with Crippen molar-refractivity contribution in [2.75, 3.05) is 37.3 Å². The van der Waals surface area contributed by atoms with Gasteiger partial charge in [0.1, 0.15) is 16.7 Å². The van der Waals surface area contributed by atoms with Gasteiger partial charge < -0.3 is 20.7 Å². The number of fused-ring (bicyclic) bond motifs is 1. The Kier molecular flexibility index (Phi) is 8.31. The van der Waals surface area contributed by atoms with Crippen LogP contribution in [0.1, 0.15) is 37.7 Å². The molecule has 0 amide bonds. The Morgan fingerprint density at radius 1 is 1.22 bits per heavy atom. The zero-order chi connectivity index (χ0) is 25.7. The van der Waals surface area contributed by atoms with Gasteiger partial charge in [0.05, 0.1) is 22.4 Å². The van der Waals surface area contributed by atoms with E-state index >= 15 is 0 Å². The molecule has 1 aliphatic rings. The zero-order valence-corrected chi connectivity index (χ0v) is 22.2. The highest BCUT2D eigenvalue weighted by Gasteiger charge is 2.27. The highest BCUT2D eigenvalue weighted by atomic mass is 32.2. The van der Waals surface area contributed by atoms with Crippen LogP contribution in [-0.2, 0) is 10.0 Å². The van der Waals surface area contributed by atoms with Crippen LogP contribution < -0.4 is 20.5 Å². The third-order valence-electron chi connectivity index (χ3n) is 6.33. The van der Waals surface area contributed by atoms with E-state index < -0.39 is 10.0 Å². The molecule has 36 heavy (non-hydrogen) atoms. The fraction of sp³-hybridized carbons (Fsp3) is 0.440. The molecule has 2 aromatic carbocycles. The lowest BCUT2D eigenvalue weighted by Gasteiger charge is -2.37. The van der Waals surface area contributed by atoms with Crippen LogP contribution in [0.4, 0.5) is 10.8 Å². The number of ether oxygens (including phenoxy) is 1. The number of sulfonamides is 1. The summed E-state index contributed by atoms with van der Waals surface area (Å²) in [6.45, 7) is 1.06. The Morgan fingerprint density at radius 2 is 2.03 bits per heavy atom. The second kappa shape index (κ2) is 11.4. The molecule has 0 unspecified atom stereocenters. The Balaban J connectivity index is 1.52. The van der Waals surface area contributed by atoms with Crippen molar-refractivity contribution in [3.8, 4) is 11.8 Å². The Labute approximate surface area is 216 Å². The molecule has 0 saturated heterocycles. The van der Waals surface area contributed by atoms with Gasteiger partial charge in [-0.15, -0.1) is 0 Å². The molecule has 0 bridgehead atoms. The van der Waals surface area contributed by atoms with Crippen LogP contribution in [0.3, 0.4) is 0 Å². The normalized spacial score (nSPS) is 18.2. The highest BCUT2D eigenvalue weighted by molar-refractivity contribution is 7.93. The molecule has 1 fully saturated rings. The number of likely N-dealkylation sites (N-methyl/N-ethyl adjacent to an activating group) is 1. The summed E-state index contributed by atoms with van der Waals surface area (Å²) in [4.78, 5) is 6.53. The predicted molar refractivity (Wildman–Crippen MR) is 144 cm³/mol. The van der Waals surface area contributed by atoms with Crippen molar-refractivity contribution in [3.63, 3.8) is 0 Å². The molecular formula is C25H32N6O3S2. The number of nitrogens with one attached hydrogen (secondary N) is 2. The number of hydrogen-bond donors (Lipinski definition) is 3. The molecule has 2 atom stereocenters. The van der Waals surface area contributed by atoms with Gasteiger partial charge in [0, 0.05) is 17.8 Å². The van der Waals surface area contributed by atoms with E-state index in [0.717, 1.165) is 36.1 Å². The van der Waals surface area contributed by atoms with Crippen LogP contribution >= 0.6 is 11.3 Å². The lowest BCUT2D eigenvalue weighted by Crippen LogP contribution is -2.45. The SMILES string of the molecule is CN(C)[C@H]1CCCC[C@@H]1Nc1ccc(S(=O)(=O)Nc2nc3ccc(OCCCN)cc3s2)c(C#N)c1. The third-order valence-corrected chi connectivity index (χ3v) is 8.79. The summed E-state index contributed by atoms with van der Waals surface area (Å²) in [5.41, 5.74) is 6.99. The first-order chi connectivity index (χ1) is 17.3. The number of nitriles is 1. The van der Waals surface area contributed by atoms with Crippen molar-refractivity contribution in [3.05, 3.63) is 42.0 Å². The van der Waals surface area contributed by atoms with Crippen LogP contribution in [0, 0.1) is 11.3 Å². The van der Waals surface area contributed by atoms with E-state index in [0.29, 0.717) is 30.5 Å². The number of rotatable bonds is 10. The number of aromatic nitrogens is 1. The van der Waals surface area contributed by atoms with Crippen molar-refractivity contribution >= 4 is 42.4 Å². The van der Waals surface area contributed by atoms with Gasteiger partial charge in [-0.1, -0.05) is 24.2 Å². The molecule has 0 aliphatic heterocycles. The summed E-state index contributed by atoms with van der Waals surface area (Å²) in [6.07, 6.45) is 5.23. The molecule has 9 nitrogen and oxygen atoms in total. The number of nitrogens with two attached hydrogens (primary N) is 1. The Morgan fingerprint density at radius 3 is 2.78 bits per heavy atom. The molecule has 0 spiro atoms. The zero-order valence-electron chi connectivity index (χ0n) is 20.5. The van der Waals surface area contributed by atoms with E-state index in [9.17, 15) is 13.7 Å². The van der Waals surface area contributed by atoms with Crippen molar-refractivity contribution in [1.82, 2.24) is 9.88 Å². The van der Waals surface area contributed by atoms with Crippen LogP contribution in [-0.4, -0.2) is 57.6 Å². The summed E-state index contributed by atoms with van der Waals surface area (Å²) in [5, 5.41) is 13.5. The van der Waals surface area contributed by atoms with E-state index in [1.54, 1.807) is 24.3 Å². The molecule has 1 saturated carbocycles. The van der Waals surface area contributed by atoms with E-state index in [4.69, 9.17) is 10.5 Å². The molecule has 3 aromatic rings. The van der Waals surface area contributed by atoms with Gasteiger partial charge in [0.15, 0.2) is 5.13 Å². The molecule has 11 heteroatoms. The number of hydrogen-bond acceptors (Lipinski definition) is 9. The fourth-order valence-electron chi connectivity index (χ4n) is 4.53. The minimum absolute atomic E-state index is 0.0755. The van der Waals surface area contributed by atoms with Gasteiger partial charge >= 0.3 is 0 Å². The average Bonchev–Trinajstić information content (AvgIpc) is 3.25. The minimum Gasteiger partial charge on any atom is -0.493 e. The van der Waals surface area contributed by atoms with E-state index in [1.807, 2.05) is 12.1 Å². The maximum atomic E-state index is 13.2. The monoisotopic (exact) mass is 528 g/mol. The largest absolute Gasteiger partial charge is 0.493 e. The lowest BCUT2D eigenvalue weighted by molar-refractivity contribution is 0.211. The second-order valence-corrected chi connectivity index (χ2v) is 11.8. The summed E-state index contributed by atoms with van der Waals surface area (Å²) in [5.74, 6) is 0.679. The molecule has 4 N–H and O–H groups in total. The minimum atomic E-state index is -4.01. The number of thiazole rings is 1. The van der Waals surface area contributed by atoms with Crippen molar-refractivity contribution in [2.45, 2.75) is 49.1 Å². The van der Waals surface area contributed by atoms with E-state index in [-0.39, 0.29) is 21.6 Å². The smallest absolute Gasteiger partial charge is 0.264 e. The molecule has 1 heterocycles. The van der Waals surface area contributed by atoms with E-state index in [1.165, 1.54) is 23.8 Å². The summed E-state index contributed by atoms with van der Waals surface area (Å²) in [6, 6.07) is 12.9. The Bertz CT molecular complexity index is 1350. The summed E-state index contributed by atoms with van der Waals surface area (Å²) >= 11 is 1.21. The van der Waals surface area contributed by atoms with Crippen molar-refractivity contribution in [2.24, 2.45) is 5.73 Å². The number of benzene rings is 2. The summed E-state index contributed by atoms with van der Waals surface area (Å²) < 4.78 is 35.4. The van der Waals surface area contributed by atoms with Crippen molar-refractivity contribution < 1.29 is 13.2 Å². The van der Waals surface area contributed by atoms with Crippen LogP contribution in [0.25, 0.3) is 10.2 Å². The quantitative estimate of drug-likeness (QED) is 0.337. The highest BCUT2D eigenvalue weighted by Crippen LogP contribution is 2.32. The van der Waals surface area contributed by atoms with Crippen LogP contribution in [0.15, 0.2) is 41.3 Å². The van der Waals surface area contributed by atoms with Gasteiger partial charge in [0.2, 0.25) is 0 Å². The third kappa shape index (κ3) is 6.07. The maximum absolute atomic E-state index is 13.2. The van der Waals surface area contributed by atoms with Crippen LogP contribution in [0.5, 0.6) is 5.75 Å². The molecule has 1 aromatic heterocycles. The molecular weight excluding hydrogens is 496 g/mol. The average molecular weight is 529 g/mol. The first-order valence-electron chi connectivity index (χ1n) is 12.0. The predicted octanol–water partition coefficient (Wildman–Crippen LogP) is 3.98. The maximum Gasteiger partial charge on any atom is 0.264 e. The Hall–Kier alpha value is -2.91. The molecule has 4 rings (SSSR count).